The van der Waals surface area contributed by atoms with Crippen molar-refractivity contribution in [2.75, 3.05) is 5.32 Å². The second-order valence-electron chi connectivity index (χ2n) is 5.46. The van der Waals surface area contributed by atoms with Gasteiger partial charge in [0.05, 0.1) is 23.1 Å². The van der Waals surface area contributed by atoms with Gasteiger partial charge in [0.25, 0.3) is 0 Å². The standard InChI is InChI=1S/C17H16F2N6O/c1-11-16(22-12-8-21-24(2)9-12)23-17(25(11)7-6-20-10-26)15-13(18)4-3-5-14(15)19/h3-10,22H,1-2H3,(H,20,26)/b7-6-. The molecule has 134 valence electrons. The Morgan fingerprint density at radius 2 is 1.96 bits per heavy atom. The molecule has 3 aromatic rings. The quantitative estimate of drug-likeness (QED) is 0.665. The molecule has 0 aliphatic rings. The van der Waals surface area contributed by atoms with E-state index in [1.54, 1.807) is 31.0 Å². The van der Waals surface area contributed by atoms with Gasteiger partial charge in [0.1, 0.15) is 11.6 Å². The van der Waals surface area contributed by atoms with Crippen LogP contribution in [-0.2, 0) is 11.8 Å². The Morgan fingerprint density at radius 3 is 2.58 bits per heavy atom. The predicted octanol–water partition coefficient (Wildman–Crippen LogP) is 2.79. The van der Waals surface area contributed by atoms with Crippen molar-refractivity contribution in [1.29, 1.82) is 0 Å². The Bertz CT molecular complexity index is 956. The van der Waals surface area contributed by atoms with E-state index in [-0.39, 0.29) is 11.4 Å². The number of carbonyl (C=O) groups excluding carboxylic acids is 1. The van der Waals surface area contributed by atoms with Crippen molar-refractivity contribution in [3.05, 3.63) is 54.1 Å². The summed E-state index contributed by atoms with van der Waals surface area (Å²) < 4.78 is 31.6. The van der Waals surface area contributed by atoms with Gasteiger partial charge < -0.3 is 10.6 Å². The van der Waals surface area contributed by atoms with E-state index in [4.69, 9.17) is 0 Å². The molecule has 2 aromatic heterocycles. The number of aryl methyl sites for hydroxylation is 1. The number of halogens is 2. The first-order valence-electron chi connectivity index (χ1n) is 7.66. The van der Waals surface area contributed by atoms with Crippen molar-refractivity contribution < 1.29 is 13.6 Å². The maximum Gasteiger partial charge on any atom is 0.211 e. The molecule has 2 N–H and O–H groups in total. The zero-order valence-electron chi connectivity index (χ0n) is 14.1. The molecule has 7 nitrogen and oxygen atoms in total. The summed E-state index contributed by atoms with van der Waals surface area (Å²) in [5.41, 5.74) is 1.01. The van der Waals surface area contributed by atoms with Gasteiger partial charge in [0, 0.05) is 25.6 Å². The number of nitrogens with zero attached hydrogens (tertiary/aromatic N) is 4. The number of anilines is 2. The van der Waals surface area contributed by atoms with E-state index in [1.165, 1.54) is 23.0 Å². The Hall–Kier alpha value is -3.49. The third-order valence-corrected chi connectivity index (χ3v) is 3.69. The van der Waals surface area contributed by atoms with E-state index in [2.05, 4.69) is 20.7 Å². The minimum atomic E-state index is -0.735. The molecule has 0 aliphatic heterocycles. The molecule has 0 aliphatic carbocycles. The van der Waals surface area contributed by atoms with Gasteiger partial charge in [-0.1, -0.05) is 6.07 Å². The summed E-state index contributed by atoms with van der Waals surface area (Å²) in [4.78, 5) is 14.8. The van der Waals surface area contributed by atoms with Crippen LogP contribution in [0.15, 0.2) is 36.8 Å². The van der Waals surface area contributed by atoms with E-state index in [0.717, 1.165) is 12.1 Å². The average Bonchev–Trinajstić information content (AvgIpc) is 3.13. The zero-order chi connectivity index (χ0) is 18.7. The van der Waals surface area contributed by atoms with Crippen LogP contribution >= 0.6 is 0 Å². The highest BCUT2D eigenvalue weighted by Crippen LogP contribution is 2.30. The number of rotatable bonds is 6. The Balaban J connectivity index is 2.12. The van der Waals surface area contributed by atoms with Gasteiger partial charge in [-0.25, -0.2) is 13.8 Å². The average molecular weight is 358 g/mol. The van der Waals surface area contributed by atoms with Crippen molar-refractivity contribution in [2.45, 2.75) is 6.92 Å². The number of hydrogen-bond acceptors (Lipinski definition) is 4. The normalized spacial score (nSPS) is 11.1. The van der Waals surface area contributed by atoms with Crippen molar-refractivity contribution in [1.82, 2.24) is 24.6 Å². The van der Waals surface area contributed by atoms with Crippen molar-refractivity contribution in [3.8, 4) is 11.4 Å². The molecule has 9 heteroatoms. The summed E-state index contributed by atoms with van der Waals surface area (Å²) in [6, 6.07) is 3.61. The van der Waals surface area contributed by atoms with E-state index in [9.17, 15) is 13.6 Å². The van der Waals surface area contributed by atoms with Crippen LogP contribution in [0.4, 0.5) is 20.3 Å². The van der Waals surface area contributed by atoms with E-state index in [0.29, 0.717) is 23.6 Å². The summed E-state index contributed by atoms with van der Waals surface area (Å²) in [7, 11) is 1.77. The third kappa shape index (κ3) is 3.32. The minimum absolute atomic E-state index is 0.0634. The van der Waals surface area contributed by atoms with Crippen LogP contribution in [0.25, 0.3) is 17.6 Å². The van der Waals surface area contributed by atoms with E-state index in [1.807, 2.05) is 0 Å². The van der Waals surface area contributed by atoms with Gasteiger partial charge >= 0.3 is 0 Å². The number of benzene rings is 1. The maximum absolute atomic E-state index is 14.3. The molecule has 0 unspecified atom stereocenters. The maximum atomic E-state index is 14.3. The van der Waals surface area contributed by atoms with Gasteiger partial charge in [-0.05, 0) is 19.1 Å². The highest BCUT2D eigenvalue weighted by Gasteiger charge is 2.20. The first-order valence-corrected chi connectivity index (χ1v) is 7.66. The molecule has 0 saturated heterocycles. The first kappa shape index (κ1) is 17.3. The number of amides is 1. The SMILES string of the molecule is Cc1c(Nc2cnn(C)c2)nc(-c2c(F)cccc2F)n1/C=C\NC=O. The molecule has 0 spiro atoms. The lowest BCUT2D eigenvalue weighted by Crippen LogP contribution is -2.03. The monoisotopic (exact) mass is 358 g/mol. The number of imidazole rings is 1. The van der Waals surface area contributed by atoms with E-state index >= 15 is 0 Å². The smallest absolute Gasteiger partial charge is 0.211 e. The van der Waals surface area contributed by atoms with E-state index < -0.39 is 11.6 Å². The summed E-state index contributed by atoms with van der Waals surface area (Å²) in [6.07, 6.45) is 6.64. The predicted molar refractivity (Wildman–Crippen MR) is 93.3 cm³/mol. The fourth-order valence-electron chi connectivity index (χ4n) is 2.48. The highest BCUT2D eigenvalue weighted by atomic mass is 19.1. The lowest BCUT2D eigenvalue weighted by molar-refractivity contribution is -0.108. The third-order valence-electron chi connectivity index (χ3n) is 3.69. The molecule has 0 radical (unpaired) electrons. The fourth-order valence-corrected chi connectivity index (χ4v) is 2.48. The largest absolute Gasteiger partial charge is 0.336 e. The van der Waals surface area contributed by atoms with Crippen LogP contribution in [0, 0.1) is 18.6 Å². The lowest BCUT2D eigenvalue weighted by Gasteiger charge is -2.06. The number of nitrogens with one attached hydrogen (secondary N) is 2. The molecule has 1 aromatic carbocycles. The molecular weight excluding hydrogens is 342 g/mol. The van der Waals surface area contributed by atoms with Gasteiger partial charge in [-0.2, -0.15) is 5.10 Å². The second kappa shape index (κ2) is 7.18. The Labute approximate surface area is 148 Å². The molecule has 0 bridgehead atoms. The molecule has 0 saturated carbocycles. The molecule has 26 heavy (non-hydrogen) atoms. The summed E-state index contributed by atoms with van der Waals surface area (Å²) >= 11 is 0. The molecule has 0 fully saturated rings. The number of hydrogen-bond donors (Lipinski definition) is 2. The highest BCUT2D eigenvalue weighted by molar-refractivity contribution is 5.68. The lowest BCUT2D eigenvalue weighted by atomic mass is 10.2. The fraction of sp³-hybridized carbons (Fsp3) is 0.118. The van der Waals surface area contributed by atoms with Crippen LogP contribution in [0.2, 0.25) is 0 Å². The molecular formula is C17H16F2N6O. The van der Waals surface area contributed by atoms with Crippen molar-refractivity contribution >= 4 is 24.1 Å². The van der Waals surface area contributed by atoms with Crippen LogP contribution in [-0.4, -0.2) is 25.7 Å². The number of aromatic nitrogens is 4. The molecule has 0 atom stereocenters. The summed E-state index contributed by atoms with van der Waals surface area (Å²) in [5.74, 6) is -0.998. The summed E-state index contributed by atoms with van der Waals surface area (Å²) in [5, 5.41) is 9.49. The molecule has 1 amide bonds. The van der Waals surface area contributed by atoms with Gasteiger partial charge in [0.2, 0.25) is 6.41 Å². The zero-order valence-corrected chi connectivity index (χ0v) is 14.1. The first-order chi connectivity index (χ1) is 12.5. The second-order valence-corrected chi connectivity index (χ2v) is 5.46. The van der Waals surface area contributed by atoms with Gasteiger partial charge in [-0.3, -0.25) is 14.0 Å². The number of carbonyl (C=O) groups is 1. The van der Waals surface area contributed by atoms with Crippen molar-refractivity contribution in [2.24, 2.45) is 7.05 Å². The van der Waals surface area contributed by atoms with Crippen LogP contribution in [0.5, 0.6) is 0 Å². The van der Waals surface area contributed by atoms with Crippen molar-refractivity contribution in [3.63, 3.8) is 0 Å². The molecule has 3 rings (SSSR count). The topological polar surface area (TPSA) is 76.8 Å². The minimum Gasteiger partial charge on any atom is -0.336 e. The Morgan fingerprint density at radius 1 is 1.23 bits per heavy atom. The van der Waals surface area contributed by atoms with Crippen LogP contribution in [0.1, 0.15) is 5.69 Å². The van der Waals surface area contributed by atoms with Crippen LogP contribution in [0.3, 0.4) is 0 Å². The molecule has 2 heterocycles. The summed E-state index contributed by atoms with van der Waals surface area (Å²) in [6.45, 7) is 1.74. The van der Waals surface area contributed by atoms with Gasteiger partial charge in [0.15, 0.2) is 11.6 Å². The Kier molecular flexibility index (Phi) is 4.78. The van der Waals surface area contributed by atoms with Gasteiger partial charge in [-0.15, -0.1) is 0 Å². The van der Waals surface area contributed by atoms with Crippen LogP contribution < -0.4 is 10.6 Å².